The first-order valence-electron chi connectivity index (χ1n) is 9.71. The van der Waals surface area contributed by atoms with E-state index in [-0.39, 0.29) is 30.2 Å². The van der Waals surface area contributed by atoms with Gasteiger partial charge in [0, 0.05) is 6.20 Å². The maximum atomic E-state index is 12.9. The summed E-state index contributed by atoms with van der Waals surface area (Å²) in [5.41, 5.74) is 0.774. The average molecular weight is 444 g/mol. The van der Waals surface area contributed by atoms with Gasteiger partial charge in [-0.05, 0) is 42.8 Å². The van der Waals surface area contributed by atoms with Crippen molar-refractivity contribution in [2.24, 2.45) is 0 Å². The van der Waals surface area contributed by atoms with E-state index in [9.17, 15) is 23.1 Å². The topological polar surface area (TPSA) is 87.6 Å². The minimum absolute atomic E-state index is 0.113. The molecule has 0 unspecified atom stereocenters. The van der Waals surface area contributed by atoms with Crippen molar-refractivity contribution in [3.8, 4) is 5.75 Å². The molecule has 2 N–H and O–H groups in total. The van der Waals surface area contributed by atoms with Gasteiger partial charge in [-0.15, -0.1) is 0 Å². The van der Waals surface area contributed by atoms with Crippen LogP contribution >= 0.6 is 0 Å². The fourth-order valence-electron chi connectivity index (χ4n) is 3.38. The van der Waals surface area contributed by atoms with E-state index in [0.717, 1.165) is 23.9 Å². The summed E-state index contributed by atoms with van der Waals surface area (Å²) >= 11 is 0. The van der Waals surface area contributed by atoms with Crippen LogP contribution in [0.4, 0.5) is 30.4 Å². The standard InChI is InChI=1S/C22H19F3N4O3/c1-13-5-8-19(27-9-13)29-15(11-30)12-32-20-16(3-2-4-17(20)29)21(31)28-14-6-7-18(26-10-14)22(23,24)25/h2-10,15,30H,11-12H2,1H3,(H,28,31)/t15-/m0/s1. The van der Waals surface area contributed by atoms with E-state index in [0.29, 0.717) is 11.5 Å². The normalized spacial score (nSPS) is 15.7. The number of aryl methyl sites for hydroxylation is 1. The molecule has 4 rings (SSSR count). The van der Waals surface area contributed by atoms with Gasteiger partial charge in [-0.25, -0.2) is 9.97 Å². The number of hydrogen-bond acceptors (Lipinski definition) is 6. The molecule has 0 fully saturated rings. The summed E-state index contributed by atoms with van der Waals surface area (Å²) in [6, 6.07) is 10.2. The lowest BCUT2D eigenvalue weighted by atomic mass is 10.1. The number of benzene rings is 1. The summed E-state index contributed by atoms with van der Waals surface area (Å²) < 4.78 is 43.9. The average Bonchev–Trinajstić information content (AvgIpc) is 2.78. The van der Waals surface area contributed by atoms with Crippen molar-refractivity contribution in [2.45, 2.75) is 19.1 Å². The lowest BCUT2D eigenvalue weighted by molar-refractivity contribution is -0.141. The summed E-state index contributed by atoms with van der Waals surface area (Å²) in [6.07, 6.45) is -1.92. The van der Waals surface area contributed by atoms with Crippen LogP contribution in [-0.2, 0) is 6.18 Å². The minimum atomic E-state index is -4.56. The molecule has 0 aliphatic carbocycles. The van der Waals surface area contributed by atoms with Gasteiger partial charge in [0.05, 0.1) is 35.8 Å². The first-order valence-corrected chi connectivity index (χ1v) is 9.71. The van der Waals surface area contributed by atoms with Gasteiger partial charge in [-0.1, -0.05) is 12.1 Å². The number of hydrogen-bond donors (Lipinski definition) is 2. The van der Waals surface area contributed by atoms with Crippen molar-refractivity contribution in [3.63, 3.8) is 0 Å². The number of rotatable bonds is 4. The minimum Gasteiger partial charge on any atom is -0.488 e. The molecule has 1 amide bonds. The number of alkyl halides is 3. The second-order valence-corrected chi connectivity index (χ2v) is 7.25. The number of pyridine rings is 2. The Hall–Kier alpha value is -3.66. The molecule has 0 radical (unpaired) electrons. The summed E-state index contributed by atoms with van der Waals surface area (Å²) in [6.45, 7) is 1.83. The molecule has 0 saturated heterocycles. The smallest absolute Gasteiger partial charge is 0.433 e. The number of nitrogens with zero attached hydrogens (tertiary/aromatic N) is 3. The number of ether oxygens (including phenoxy) is 1. The Morgan fingerprint density at radius 1 is 1.19 bits per heavy atom. The molecule has 3 aromatic rings. The quantitative estimate of drug-likeness (QED) is 0.634. The predicted octanol–water partition coefficient (Wildman–Crippen LogP) is 3.95. The van der Waals surface area contributed by atoms with Crippen LogP contribution in [0.5, 0.6) is 5.75 Å². The number of fused-ring (bicyclic) bond motifs is 1. The summed E-state index contributed by atoms with van der Waals surface area (Å²) in [5.74, 6) is 0.309. The number of aliphatic hydroxyl groups excluding tert-OH is 1. The molecule has 2 aromatic heterocycles. The summed E-state index contributed by atoms with van der Waals surface area (Å²) in [5, 5.41) is 12.4. The number of carbonyl (C=O) groups is 1. The van der Waals surface area contributed by atoms with E-state index in [2.05, 4.69) is 15.3 Å². The highest BCUT2D eigenvalue weighted by Crippen LogP contribution is 2.41. The number of aliphatic hydroxyl groups is 1. The highest BCUT2D eigenvalue weighted by Gasteiger charge is 2.33. The van der Waals surface area contributed by atoms with E-state index in [1.807, 2.05) is 19.1 Å². The zero-order valence-corrected chi connectivity index (χ0v) is 16.9. The second kappa shape index (κ2) is 8.46. The third-order valence-electron chi connectivity index (χ3n) is 4.95. The summed E-state index contributed by atoms with van der Waals surface area (Å²) in [7, 11) is 0. The Morgan fingerprint density at radius 3 is 2.62 bits per heavy atom. The molecule has 32 heavy (non-hydrogen) atoms. The molecule has 10 heteroatoms. The number of aromatic nitrogens is 2. The van der Waals surface area contributed by atoms with Crippen LogP contribution < -0.4 is 15.0 Å². The van der Waals surface area contributed by atoms with E-state index in [4.69, 9.17) is 4.74 Å². The molecule has 7 nitrogen and oxygen atoms in total. The van der Waals surface area contributed by atoms with Gasteiger partial charge in [0.2, 0.25) is 0 Å². The number of amides is 1. The van der Waals surface area contributed by atoms with Gasteiger partial charge in [-0.2, -0.15) is 13.2 Å². The molecule has 1 aliphatic heterocycles. The molecule has 1 atom stereocenters. The fourth-order valence-corrected chi connectivity index (χ4v) is 3.38. The zero-order chi connectivity index (χ0) is 22.9. The van der Waals surface area contributed by atoms with Crippen molar-refractivity contribution >= 4 is 23.1 Å². The molecule has 166 valence electrons. The molecular formula is C22H19F3N4O3. The van der Waals surface area contributed by atoms with Crippen molar-refractivity contribution in [1.29, 1.82) is 0 Å². The van der Waals surface area contributed by atoms with Crippen LogP contribution in [0.25, 0.3) is 0 Å². The monoisotopic (exact) mass is 444 g/mol. The van der Waals surface area contributed by atoms with Crippen LogP contribution in [-0.4, -0.2) is 40.2 Å². The first-order chi connectivity index (χ1) is 15.3. The highest BCUT2D eigenvalue weighted by molar-refractivity contribution is 6.07. The SMILES string of the molecule is Cc1ccc(N2c3cccc(C(=O)Nc4ccc(C(F)(F)F)nc4)c3OC[C@@H]2CO)nc1. The van der Waals surface area contributed by atoms with Crippen molar-refractivity contribution in [1.82, 2.24) is 9.97 Å². The molecular weight excluding hydrogens is 425 g/mol. The molecule has 0 saturated carbocycles. The van der Waals surface area contributed by atoms with Gasteiger partial charge in [-0.3, -0.25) is 4.79 Å². The van der Waals surface area contributed by atoms with Crippen LogP contribution in [0.1, 0.15) is 21.6 Å². The molecule has 1 aliphatic rings. The first kappa shape index (κ1) is 21.6. The van der Waals surface area contributed by atoms with Gasteiger partial charge < -0.3 is 20.1 Å². The predicted molar refractivity (Wildman–Crippen MR) is 111 cm³/mol. The maximum Gasteiger partial charge on any atom is 0.433 e. The fraction of sp³-hybridized carbons (Fsp3) is 0.227. The molecule has 3 heterocycles. The highest BCUT2D eigenvalue weighted by atomic mass is 19.4. The van der Waals surface area contributed by atoms with E-state index < -0.39 is 23.8 Å². The van der Waals surface area contributed by atoms with Crippen molar-refractivity contribution in [3.05, 3.63) is 71.7 Å². The Kier molecular flexibility index (Phi) is 5.70. The van der Waals surface area contributed by atoms with Gasteiger partial charge in [0.1, 0.15) is 18.1 Å². The van der Waals surface area contributed by atoms with Crippen LogP contribution in [0.3, 0.4) is 0 Å². The molecule has 1 aromatic carbocycles. The maximum absolute atomic E-state index is 12.9. The Morgan fingerprint density at radius 2 is 2.00 bits per heavy atom. The van der Waals surface area contributed by atoms with Crippen molar-refractivity contribution in [2.75, 3.05) is 23.4 Å². The Labute approximate surface area is 181 Å². The zero-order valence-electron chi connectivity index (χ0n) is 16.9. The largest absolute Gasteiger partial charge is 0.488 e. The van der Waals surface area contributed by atoms with E-state index in [1.54, 1.807) is 29.3 Å². The third kappa shape index (κ3) is 4.22. The van der Waals surface area contributed by atoms with Crippen LogP contribution in [0, 0.1) is 6.92 Å². The lowest BCUT2D eigenvalue weighted by Gasteiger charge is -2.37. The van der Waals surface area contributed by atoms with Crippen molar-refractivity contribution < 1.29 is 27.8 Å². The third-order valence-corrected chi connectivity index (χ3v) is 4.95. The molecule has 0 spiro atoms. The van der Waals surface area contributed by atoms with Gasteiger partial charge in [0.25, 0.3) is 5.91 Å². The van der Waals surface area contributed by atoms with Crippen LogP contribution in [0.15, 0.2) is 54.9 Å². The number of halogens is 3. The van der Waals surface area contributed by atoms with Gasteiger partial charge >= 0.3 is 6.18 Å². The molecule has 0 bridgehead atoms. The second-order valence-electron chi connectivity index (χ2n) is 7.25. The van der Waals surface area contributed by atoms with Gasteiger partial charge in [0.15, 0.2) is 5.75 Å². The number of anilines is 3. The lowest BCUT2D eigenvalue weighted by Crippen LogP contribution is -2.43. The number of carbonyl (C=O) groups excluding carboxylic acids is 1. The Bertz CT molecular complexity index is 1120. The van der Waals surface area contributed by atoms with Crippen LogP contribution in [0.2, 0.25) is 0 Å². The Balaban J connectivity index is 1.65. The number of nitrogens with one attached hydrogen (secondary N) is 1. The van der Waals surface area contributed by atoms with E-state index in [1.165, 1.54) is 0 Å². The van der Waals surface area contributed by atoms with E-state index >= 15 is 0 Å². The number of para-hydroxylation sites is 1. The summed E-state index contributed by atoms with van der Waals surface area (Å²) in [4.78, 5) is 22.5.